The number of carbonyl (C=O) groups excluding carboxylic acids is 2. The Morgan fingerprint density at radius 1 is 1.11 bits per heavy atom. The van der Waals surface area contributed by atoms with E-state index in [1.807, 2.05) is 5.41 Å². The van der Waals surface area contributed by atoms with Crippen molar-refractivity contribution in [3.05, 3.63) is 57.7 Å². The lowest BCUT2D eigenvalue weighted by Gasteiger charge is -2.28. The zero-order valence-corrected chi connectivity index (χ0v) is 11.5. The highest BCUT2D eigenvalue weighted by atomic mass is 35.5. The number of halogens is 1. The lowest BCUT2D eigenvalue weighted by Crippen LogP contribution is -2.32. The Labute approximate surface area is 119 Å². The molecule has 1 aromatic carbocycles. The number of thioether (sulfide) groups is 1. The van der Waals surface area contributed by atoms with Crippen molar-refractivity contribution in [3.63, 3.8) is 0 Å². The van der Waals surface area contributed by atoms with Gasteiger partial charge in [-0.3, -0.25) is 9.59 Å². The third-order valence-corrected chi connectivity index (χ3v) is 4.20. The molecule has 1 aliphatic carbocycles. The fourth-order valence-electron chi connectivity index (χ4n) is 2.19. The summed E-state index contributed by atoms with van der Waals surface area (Å²) in [5, 5.41) is 1.92. The van der Waals surface area contributed by atoms with E-state index in [4.69, 9.17) is 11.6 Å². The van der Waals surface area contributed by atoms with Crippen molar-refractivity contribution in [2.24, 2.45) is 0 Å². The van der Waals surface area contributed by atoms with E-state index in [9.17, 15) is 9.59 Å². The molecule has 0 unspecified atom stereocenters. The maximum Gasteiger partial charge on any atom is 0.211 e. The zero-order valence-electron chi connectivity index (χ0n) is 9.93. The Balaban J connectivity index is 2.12. The first-order chi connectivity index (χ1) is 9.20. The molecule has 0 radical (unpaired) electrons. The quantitative estimate of drug-likeness (QED) is 0.797. The number of hydrogen-bond donors (Lipinski definition) is 0. The van der Waals surface area contributed by atoms with E-state index in [0.29, 0.717) is 23.4 Å². The molecule has 0 N–H and O–H groups in total. The molecule has 5 heteroatoms. The maximum atomic E-state index is 12.5. The summed E-state index contributed by atoms with van der Waals surface area (Å²) in [6, 6.07) is 6.79. The van der Waals surface area contributed by atoms with E-state index in [-0.39, 0.29) is 16.6 Å². The lowest BCUT2D eigenvalue weighted by molar-refractivity contribution is 0.0959. The number of Topliss-reactive ketones (excluding diaryl/α,β-unsaturated/α-hetero) is 2. The van der Waals surface area contributed by atoms with Crippen molar-refractivity contribution in [2.75, 3.05) is 12.3 Å². The number of ketones is 2. The second-order valence-electron chi connectivity index (χ2n) is 4.22. The molecule has 0 atom stereocenters. The Hall–Kier alpha value is -1.52. The molecule has 0 saturated carbocycles. The molecule has 1 aromatic rings. The van der Waals surface area contributed by atoms with Gasteiger partial charge in [-0.15, -0.1) is 11.8 Å². The van der Waals surface area contributed by atoms with Gasteiger partial charge in [-0.05, 0) is 5.41 Å². The van der Waals surface area contributed by atoms with Crippen molar-refractivity contribution in [1.29, 1.82) is 0 Å². The standard InChI is InChI=1S/C14H10ClNO2S/c15-11-12(16-5-7-19-8-6-16)14(18)10-4-2-1-3-9(10)13(11)17/h1-5,7H,6,8H2. The first kappa shape index (κ1) is 12.5. The average molecular weight is 292 g/mol. The van der Waals surface area contributed by atoms with E-state index in [0.717, 1.165) is 5.75 Å². The van der Waals surface area contributed by atoms with Crippen molar-refractivity contribution < 1.29 is 9.59 Å². The van der Waals surface area contributed by atoms with Gasteiger partial charge in [0.15, 0.2) is 0 Å². The molecular formula is C14H10ClNO2S. The van der Waals surface area contributed by atoms with Gasteiger partial charge in [0, 0.05) is 29.6 Å². The fourth-order valence-corrected chi connectivity index (χ4v) is 3.15. The molecule has 0 spiro atoms. The van der Waals surface area contributed by atoms with E-state index < -0.39 is 0 Å². The molecule has 3 rings (SSSR count). The first-order valence-corrected chi connectivity index (χ1v) is 7.26. The molecular weight excluding hydrogens is 282 g/mol. The van der Waals surface area contributed by atoms with Gasteiger partial charge in [0.05, 0.1) is 0 Å². The van der Waals surface area contributed by atoms with Crippen LogP contribution in [0.15, 0.2) is 46.6 Å². The van der Waals surface area contributed by atoms with E-state index in [1.165, 1.54) is 0 Å². The van der Waals surface area contributed by atoms with Crippen molar-refractivity contribution in [3.8, 4) is 0 Å². The van der Waals surface area contributed by atoms with Crippen LogP contribution in [0.25, 0.3) is 0 Å². The third kappa shape index (κ3) is 2.01. The van der Waals surface area contributed by atoms with Gasteiger partial charge in [-0.25, -0.2) is 0 Å². The van der Waals surface area contributed by atoms with Crippen LogP contribution in [0.5, 0.6) is 0 Å². The summed E-state index contributed by atoms with van der Waals surface area (Å²) in [4.78, 5) is 26.5. The van der Waals surface area contributed by atoms with Crippen LogP contribution in [0.3, 0.4) is 0 Å². The van der Waals surface area contributed by atoms with Crippen molar-refractivity contribution in [1.82, 2.24) is 4.90 Å². The summed E-state index contributed by atoms with van der Waals surface area (Å²) < 4.78 is 0. The average Bonchev–Trinajstić information content (AvgIpc) is 2.46. The van der Waals surface area contributed by atoms with Gasteiger partial charge in [0.2, 0.25) is 11.6 Å². The molecule has 1 aliphatic heterocycles. The van der Waals surface area contributed by atoms with Crippen LogP contribution >= 0.6 is 23.4 Å². The molecule has 2 aliphatic rings. The van der Waals surface area contributed by atoms with Gasteiger partial charge < -0.3 is 4.90 Å². The topological polar surface area (TPSA) is 37.4 Å². The van der Waals surface area contributed by atoms with E-state index >= 15 is 0 Å². The number of allylic oxidation sites excluding steroid dienone is 2. The van der Waals surface area contributed by atoms with Gasteiger partial charge in [-0.1, -0.05) is 35.9 Å². The lowest BCUT2D eigenvalue weighted by atomic mass is 9.92. The summed E-state index contributed by atoms with van der Waals surface area (Å²) in [5.41, 5.74) is 1.11. The Bertz CT molecular complexity index is 636. The molecule has 0 bridgehead atoms. The van der Waals surface area contributed by atoms with Crippen LogP contribution < -0.4 is 0 Å². The Kier molecular flexibility index (Phi) is 3.21. The van der Waals surface area contributed by atoms with Crippen LogP contribution in [-0.4, -0.2) is 28.8 Å². The molecule has 0 amide bonds. The van der Waals surface area contributed by atoms with Crippen LogP contribution in [0, 0.1) is 0 Å². The monoisotopic (exact) mass is 291 g/mol. The highest BCUT2D eigenvalue weighted by molar-refractivity contribution is 8.02. The van der Waals surface area contributed by atoms with Crippen LogP contribution in [-0.2, 0) is 0 Å². The second kappa shape index (κ2) is 4.87. The minimum atomic E-state index is -0.279. The number of rotatable bonds is 1. The zero-order chi connectivity index (χ0) is 13.4. The summed E-state index contributed by atoms with van der Waals surface area (Å²) in [7, 11) is 0. The van der Waals surface area contributed by atoms with Crippen LogP contribution in [0.2, 0.25) is 0 Å². The SMILES string of the molecule is O=C1C(Cl)=C(N2C=CSCC2)C(=O)c2ccccc21. The smallest absolute Gasteiger partial charge is 0.211 e. The number of fused-ring (bicyclic) bond motifs is 1. The van der Waals surface area contributed by atoms with E-state index in [1.54, 1.807) is 47.1 Å². The number of carbonyl (C=O) groups is 2. The Morgan fingerprint density at radius 2 is 1.79 bits per heavy atom. The maximum absolute atomic E-state index is 12.5. The van der Waals surface area contributed by atoms with Gasteiger partial charge in [-0.2, -0.15) is 0 Å². The Morgan fingerprint density at radius 3 is 2.42 bits per heavy atom. The van der Waals surface area contributed by atoms with Crippen LogP contribution in [0.4, 0.5) is 0 Å². The molecule has 19 heavy (non-hydrogen) atoms. The summed E-state index contributed by atoms with van der Waals surface area (Å²) >= 11 is 7.78. The minimum absolute atomic E-state index is 0.0141. The van der Waals surface area contributed by atoms with Gasteiger partial charge >= 0.3 is 0 Å². The summed E-state index contributed by atoms with van der Waals surface area (Å²) in [5.74, 6) is 0.406. The highest BCUT2D eigenvalue weighted by Gasteiger charge is 2.33. The van der Waals surface area contributed by atoms with Gasteiger partial charge in [0.1, 0.15) is 10.7 Å². The van der Waals surface area contributed by atoms with Crippen molar-refractivity contribution >= 4 is 34.9 Å². The fraction of sp³-hybridized carbons (Fsp3) is 0.143. The molecule has 1 heterocycles. The van der Waals surface area contributed by atoms with Crippen LogP contribution in [0.1, 0.15) is 20.7 Å². The first-order valence-electron chi connectivity index (χ1n) is 5.83. The number of nitrogens with zero attached hydrogens (tertiary/aromatic N) is 1. The number of benzene rings is 1. The predicted molar refractivity (Wildman–Crippen MR) is 76.3 cm³/mol. The molecule has 96 valence electrons. The highest BCUT2D eigenvalue weighted by Crippen LogP contribution is 2.31. The number of hydrogen-bond acceptors (Lipinski definition) is 4. The molecule has 3 nitrogen and oxygen atoms in total. The minimum Gasteiger partial charge on any atom is -0.342 e. The largest absolute Gasteiger partial charge is 0.342 e. The molecule has 0 saturated heterocycles. The third-order valence-electron chi connectivity index (χ3n) is 3.11. The molecule has 0 aromatic heterocycles. The normalized spacial score (nSPS) is 18.9. The summed E-state index contributed by atoms with van der Waals surface area (Å²) in [6.07, 6.45) is 1.80. The van der Waals surface area contributed by atoms with Crippen molar-refractivity contribution in [2.45, 2.75) is 0 Å². The predicted octanol–water partition coefficient (Wildman–Crippen LogP) is 3.04. The molecule has 0 fully saturated rings. The van der Waals surface area contributed by atoms with Gasteiger partial charge in [0.25, 0.3) is 0 Å². The summed E-state index contributed by atoms with van der Waals surface area (Å²) in [6.45, 7) is 0.675. The second-order valence-corrected chi connectivity index (χ2v) is 5.61. The van der Waals surface area contributed by atoms with E-state index in [2.05, 4.69) is 0 Å².